The van der Waals surface area contributed by atoms with Crippen LogP contribution in [-0.2, 0) is 14.9 Å². The molecule has 0 amide bonds. The fourth-order valence-electron chi connectivity index (χ4n) is 0.735. The van der Waals surface area contributed by atoms with E-state index >= 15 is 0 Å². The Morgan fingerprint density at radius 1 is 1.80 bits per heavy atom. The number of ether oxygens (including phenoxy) is 1. The molecule has 0 aromatic heterocycles. The maximum absolute atomic E-state index is 10.4. The molecular formula is C4H9NO4S. The van der Waals surface area contributed by atoms with Gasteiger partial charge >= 0.3 is 0 Å². The van der Waals surface area contributed by atoms with Gasteiger partial charge in [0.05, 0.1) is 6.61 Å². The van der Waals surface area contributed by atoms with Crippen molar-refractivity contribution in [1.29, 1.82) is 0 Å². The summed E-state index contributed by atoms with van der Waals surface area (Å²) in [6.07, 6.45) is -0.389. The van der Waals surface area contributed by atoms with Gasteiger partial charge in [0.1, 0.15) is 11.4 Å². The van der Waals surface area contributed by atoms with Crippen LogP contribution in [0, 0.1) is 0 Å². The Morgan fingerprint density at radius 2 is 2.30 bits per heavy atom. The molecule has 1 aliphatic rings. The molecule has 2 atom stereocenters. The molecule has 0 aromatic carbocycles. The zero-order valence-corrected chi connectivity index (χ0v) is 6.04. The summed E-state index contributed by atoms with van der Waals surface area (Å²) in [5.41, 5.74) is 5.08. The topological polar surface area (TPSA) is 92.9 Å². The van der Waals surface area contributed by atoms with E-state index in [1.807, 2.05) is 0 Å². The smallest absolute Gasteiger partial charge is 0.271 e. The van der Waals surface area contributed by atoms with Crippen LogP contribution in [0.25, 0.3) is 0 Å². The van der Waals surface area contributed by atoms with Gasteiger partial charge in [0.2, 0.25) is 0 Å². The molecule has 1 heterocycles. The first-order valence-electron chi connectivity index (χ1n) is 2.83. The van der Waals surface area contributed by atoms with Gasteiger partial charge in [-0.15, -0.1) is 0 Å². The minimum atomic E-state index is -4.00. The van der Waals surface area contributed by atoms with Crippen molar-refractivity contribution >= 4 is 10.1 Å². The second-order valence-electron chi connectivity index (χ2n) is 2.16. The third-order valence-corrected chi connectivity index (χ3v) is 2.65. The zero-order chi connectivity index (χ0) is 7.78. The monoisotopic (exact) mass is 167 g/mol. The van der Waals surface area contributed by atoms with Crippen LogP contribution in [-0.4, -0.2) is 37.5 Å². The summed E-state index contributed by atoms with van der Waals surface area (Å²) in [6.45, 7) is 0.283. The Hall–Kier alpha value is -0.170. The lowest BCUT2D eigenvalue weighted by Gasteiger charge is -2.05. The molecule has 0 bridgehead atoms. The molecule has 1 rings (SSSR count). The van der Waals surface area contributed by atoms with Gasteiger partial charge < -0.3 is 10.5 Å². The fourth-order valence-corrected chi connectivity index (χ4v) is 1.52. The van der Waals surface area contributed by atoms with Crippen molar-refractivity contribution in [2.24, 2.45) is 5.73 Å². The Kier molecular flexibility index (Phi) is 1.95. The Morgan fingerprint density at radius 3 is 2.40 bits per heavy atom. The number of hydrogen-bond acceptors (Lipinski definition) is 4. The molecule has 5 nitrogen and oxygen atoms in total. The molecule has 0 aliphatic carbocycles. The first-order chi connectivity index (χ1) is 4.55. The van der Waals surface area contributed by atoms with Crippen LogP contribution in [0.5, 0.6) is 0 Å². The maximum atomic E-state index is 10.4. The highest BCUT2D eigenvalue weighted by Gasteiger charge is 2.39. The van der Waals surface area contributed by atoms with Crippen LogP contribution in [0.2, 0.25) is 0 Å². The van der Waals surface area contributed by atoms with Gasteiger partial charge in [-0.3, -0.25) is 4.55 Å². The average Bonchev–Trinajstić information content (AvgIpc) is 2.46. The van der Waals surface area contributed by atoms with E-state index in [-0.39, 0.29) is 12.6 Å². The summed E-state index contributed by atoms with van der Waals surface area (Å²) in [4.78, 5) is 0. The predicted molar refractivity (Wildman–Crippen MR) is 34.1 cm³/mol. The quantitative estimate of drug-likeness (QED) is 0.398. The molecule has 2 unspecified atom stereocenters. The second kappa shape index (κ2) is 2.46. The molecule has 0 saturated carbocycles. The maximum Gasteiger partial charge on any atom is 0.271 e. The lowest BCUT2D eigenvalue weighted by atomic mass is 10.3. The van der Waals surface area contributed by atoms with Crippen molar-refractivity contribution in [1.82, 2.24) is 0 Å². The standard InChI is InChI=1S/C4H9NO4S/c5-1-4(3-2-9-3)10(6,7)8/h3-4H,1-2,5H2,(H,6,7,8). The molecule has 10 heavy (non-hydrogen) atoms. The van der Waals surface area contributed by atoms with E-state index in [0.717, 1.165) is 0 Å². The van der Waals surface area contributed by atoms with Crippen molar-refractivity contribution in [2.75, 3.05) is 13.2 Å². The van der Waals surface area contributed by atoms with Gasteiger partial charge in [-0.25, -0.2) is 0 Å². The van der Waals surface area contributed by atoms with Crippen LogP contribution in [0.4, 0.5) is 0 Å². The van der Waals surface area contributed by atoms with Crippen LogP contribution < -0.4 is 5.73 Å². The van der Waals surface area contributed by atoms with Crippen LogP contribution in [0.1, 0.15) is 0 Å². The summed E-state index contributed by atoms with van der Waals surface area (Å²) in [5, 5.41) is -0.938. The van der Waals surface area contributed by atoms with E-state index in [0.29, 0.717) is 6.61 Å². The SMILES string of the molecule is NCC(C1CO1)S(=O)(=O)O. The summed E-state index contributed by atoms with van der Waals surface area (Å²) in [7, 11) is -4.00. The minimum Gasteiger partial charge on any atom is -0.372 e. The highest BCUT2D eigenvalue weighted by Crippen LogP contribution is 2.18. The normalized spacial score (nSPS) is 28.0. The average molecular weight is 167 g/mol. The number of hydrogen-bond donors (Lipinski definition) is 2. The molecule has 6 heteroatoms. The Labute approximate surface area is 58.9 Å². The summed E-state index contributed by atoms with van der Waals surface area (Å²) < 4.78 is 34.0. The molecule has 0 spiro atoms. The number of rotatable bonds is 3. The molecule has 1 saturated heterocycles. The summed E-state index contributed by atoms with van der Waals surface area (Å²) in [6, 6.07) is 0. The first-order valence-corrected chi connectivity index (χ1v) is 4.34. The van der Waals surface area contributed by atoms with Crippen LogP contribution in [0.15, 0.2) is 0 Å². The summed E-state index contributed by atoms with van der Waals surface area (Å²) >= 11 is 0. The van der Waals surface area contributed by atoms with Crippen molar-refractivity contribution < 1.29 is 17.7 Å². The first kappa shape index (κ1) is 7.93. The lowest BCUT2D eigenvalue weighted by Crippen LogP contribution is -2.34. The van der Waals surface area contributed by atoms with Gasteiger partial charge in [-0.1, -0.05) is 0 Å². The van der Waals surface area contributed by atoms with Gasteiger partial charge in [0.15, 0.2) is 0 Å². The Balaban J connectivity index is 2.64. The van der Waals surface area contributed by atoms with Crippen molar-refractivity contribution in [3.8, 4) is 0 Å². The zero-order valence-electron chi connectivity index (χ0n) is 5.23. The lowest BCUT2D eigenvalue weighted by molar-refractivity contribution is 0.383. The van der Waals surface area contributed by atoms with Crippen molar-refractivity contribution in [2.45, 2.75) is 11.4 Å². The molecule has 1 aliphatic heterocycles. The molecule has 0 aromatic rings. The van der Waals surface area contributed by atoms with Gasteiger partial charge in [-0.05, 0) is 0 Å². The van der Waals surface area contributed by atoms with E-state index in [1.165, 1.54) is 0 Å². The third-order valence-electron chi connectivity index (χ3n) is 1.39. The highest BCUT2D eigenvalue weighted by atomic mass is 32.2. The Bertz CT molecular complexity index is 207. The number of epoxide rings is 1. The van der Waals surface area contributed by atoms with Gasteiger partial charge in [0, 0.05) is 6.54 Å². The molecule has 1 fully saturated rings. The highest BCUT2D eigenvalue weighted by molar-refractivity contribution is 7.86. The predicted octanol–water partition coefficient (Wildman–Crippen LogP) is -1.40. The van der Waals surface area contributed by atoms with Crippen LogP contribution in [0.3, 0.4) is 0 Å². The van der Waals surface area contributed by atoms with E-state index in [2.05, 4.69) is 4.74 Å². The van der Waals surface area contributed by atoms with E-state index in [9.17, 15) is 8.42 Å². The molecule has 3 N–H and O–H groups in total. The van der Waals surface area contributed by atoms with Crippen molar-refractivity contribution in [3.05, 3.63) is 0 Å². The van der Waals surface area contributed by atoms with E-state index in [4.69, 9.17) is 10.3 Å². The molecule has 0 radical (unpaired) electrons. The fraction of sp³-hybridized carbons (Fsp3) is 1.00. The van der Waals surface area contributed by atoms with Gasteiger partial charge in [0.25, 0.3) is 10.1 Å². The largest absolute Gasteiger partial charge is 0.372 e. The van der Waals surface area contributed by atoms with Crippen LogP contribution >= 0.6 is 0 Å². The molecule has 60 valence electrons. The number of nitrogens with two attached hydrogens (primary N) is 1. The van der Waals surface area contributed by atoms with E-state index in [1.54, 1.807) is 0 Å². The molecular weight excluding hydrogens is 158 g/mol. The second-order valence-corrected chi connectivity index (χ2v) is 3.80. The third kappa shape index (κ3) is 1.66. The van der Waals surface area contributed by atoms with Crippen molar-refractivity contribution in [3.63, 3.8) is 0 Å². The van der Waals surface area contributed by atoms with E-state index < -0.39 is 15.4 Å². The minimum absolute atomic E-state index is 0.0938. The van der Waals surface area contributed by atoms with Gasteiger partial charge in [-0.2, -0.15) is 8.42 Å². The summed E-state index contributed by atoms with van der Waals surface area (Å²) in [5.74, 6) is 0.